The zero-order chi connectivity index (χ0) is 17.8. The third kappa shape index (κ3) is 4.20. The average Bonchev–Trinajstić information content (AvgIpc) is 3.11. The van der Waals surface area contributed by atoms with Gasteiger partial charge < -0.3 is 15.4 Å². The highest BCUT2D eigenvalue weighted by molar-refractivity contribution is 6.31. The van der Waals surface area contributed by atoms with Crippen molar-refractivity contribution in [3.05, 3.63) is 40.7 Å². The summed E-state index contributed by atoms with van der Waals surface area (Å²) in [5.74, 6) is 0.859. The first kappa shape index (κ1) is 17.5. The molecule has 1 aliphatic rings. The number of nitrogens with zero attached hydrogens (tertiary/aromatic N) is 2. The second-order valence-corrected chi connectivity index (χ2v) is 6.58. The first-order chi connectivity index (χ1) is 12.1. The van der Waals surface area contributed by atoms with Gasteiger partial charge in [-0.1, -0.05) is 24.4 Å². The van der Waals surface area contributed by atoms with Gasteiger partial charge >= 0.3 is 0 Å². The van der Waals surface area contributed by atoms with Gasteiger partial charge in [0.05, 0.1) is 18.4 Å². The fourth-order valence-corrected chi connectivity index (χ4v) is 3.05. The number of aryl methyl sites for hydroxylation is 1. The first-order valence-corrected chi connectivity index (χ1v) is 8.68. The molecule has 1 fully saturated rings. The van der Waals surface area contributed by atoms with Crippen molar-refractivity contribution in [1.29, 1.82) is 0 Å². The molecule has 1 aromatic heterocycles. The number of benzene rings is 1. The fraction of sp³-hybridized carbons (Fsp3) is 0.389. The zero-order valence-electron chi connectivity index (χ0n) is 14.3. The third-order valence-electron chi connectivity index (χ3n) is 4.33. The van der Waals surface area contributed by atoms with Crippen LogP contribution in [-0.2, 0) is 0 Å². The number of carbonyl (C=O) groups excluding carboxylic acids is 1. The van der Waals surface area contributed by atoms with E-state index in [1.165, 1.54) is 25.2 Å². The lowest BCUT2D eigenvalue weighted by molar-refractivity contribution is 0.0937. The lowest BCUT2D eigenvalue weighted by atomic mass is 10.2. The van der Waals surface area contributed by atoms with Gasteiger partial charge in [0.2, 0.25) is 5.95 Å². The maximum absolute atomic E-state index is 12.2. The average molecular weight is 361 g/mol. The Balaban J connectivity index is 1.70. The maximum Gasteiger partial charge on any atom is 0.254 e. The molecular weight excluding hydrogens is 340 g/mol. The van der Waals surface area contributed by atoms with Gasteiger partial charge in [0.25, 0.3) is 5.91 Å². The molecule has 25 heavy (non-hydrogen) atoms. The number of nitrogens with one attached hydrogen (secondary N) is 2. The Kier molecular flexibility index (Phi) is 5.38. The minimum atomic E-state index is -0.127. The zero-order valence-corrected chi connectivity index (χ0v) is 15.1. The second kappa shape index (κ2) is 7.70. The highest BCUT2D eigenvalue weighted by Crippen LogP contribution is 2.32. The Morgan fingerprint density at radius 3 is 2.56 bits per heavy atom. The van der Waals surface area contributed by atoms with E-state index in [0.717, 1.165) is 18.4 Å². The van der Waals surface area contributed by atoms with Crippen LogP contribution in [0.2, 0.25) is 5.02 Å². The molecule has 2 N–H and O–H groups in total. The van der Waals surface area contributed by atoms with Crippen LogP contribution in [0.1, 0.15) is 41.6 Å². The Hall–Kier alpha value is -2.34. The van der Waals surface area contributed by atoms with Crippen molar-refractivity contribution in [2.75, 3.05) is 12.4 Å². The molecule has 132 valence electrons. The summed E-state index contributed by atoms with van der Waals surface area (Å²) in [5, 5.41) is 6.74. The summed E-state index contributed by atoms with van der Waals surface area (Å²) in [6.45, 7) is 1.91. The van der Waals surface area contributed by atoms with Gasteiger partial charge in [0.1, 0.15) is 5.75 Å². The van der Waals surface area contributed by atoms with Crippen molar-refractivity contribution in [2.24, 2.45) is 0 Å². The number of carbonyl (C=O) groups is 1. The standard InChI is InChI=1S/C18H21ClN4O2/c1-11-7-15(16(25-2)8-14(11)19)23-18-20-9-12(10-21-18)17(24)22-13-5-3-4-6-13/h7-10,13H,3-6H2,1-2H3,(H,22,24)(H,20,21,23). The Bertz CT molecular complexity index is 758. The molecule has 1 aromatic carbocycles. The van der Waals surface area contributed by atoms with Crippen LogP contribution in [0.3, 0.4) is 0 Å². The lowest BCUT2D eigenvalue weighted by Gasteiger charge is -2.13. The van der Waals surface area contributed by atoms with E-state index in [2.05, 4.69) is 20.6 Å². The molecule has 0 saturated heterocycles. The SMILES string of the molecule is COc1cc(Cl)c(C)cc1Nc1ncc(C(=O)NC2CCCC2)cn1. The molecule has 0 bridgehead atoms. The summed E-state index contributed by atoms with van der Waals surface area (Å²) < 4.78 is 5.32. The number of amides is 1. The van der Waals surface area contributed by atoms with Crippen LogP contribution >= 0.6 is 11.6 Å². The summed E-state index contributed by atoms with van der Waals surface area (Å²) >= 11 is 6.11. The van der Waals surface area contributed by atoms with Crippen molar-refractivity contribution in [3.8, 4) is 5.75 Å². The molecule has 0 unspecified atom stereocenters. The number of hydrogen-bond acceptors (Lipinski definition) is 5. The topological polar surface area (TPSA) is 76.1 Å². The summed E-state index contributed by atoms with van der Waals surface area (Å²) in [6, 6.07) is 3.88. The lowest BCUT2D eigenvalue weighted by Crippen LogP contribution is -2.32. The Morgan fingerprint density at radius 1 is 1.24 bits per heavy atom. The van der Waals surface area contributed by atoms with E-state index < -0.39 is 0 Å². The maximum atomic E-state index is 12.2. The predicted octanol–water partition coefficient (Wildman–Crippen LogP) is 3.86. The molecule has 1 heterocycles. The molecule has 2 aromatic rings. The number of anilines is 2. The minimum Gasteiger partial charge on any atom is -0.495 e. The van der Waals surface area contributed by atoms with Crippen molar-refractivity contribution < 1.29 is 9.53 Å². The van der Waals surface area contributed by atoms with Crippen LogP contribution in [0.5, 0.6) is 5.75 Å². The number of methoxy groups -OCH3 is 1. The summed E-state index contributed by atoms with van der Waals surface area (Å²) in [4.78, 5) is 20.7. The van der Waals surface area contributed by atoms with Crippen LogP contribution in [0.4, 0.5) is 11.6 Å². The van der Waals surface area contributed by atoms with E-state index in [4.69, 9.17) is 16.3 Å². The van der Waals surface area contributed by atoms with Crippen molar-refractivity contribution >= 4 is 29.1 Å². The molecule has 0 radical (unpaired) electrons. The number of hydrogen-bond donors (Lipinski definition) is 2. The van der Waals surface area contributed by atoms with Gasteiger partial charge in [-0.3, -0.25) is 4.79 Å². The molecule has 0 aliphatic heterocycles. The van der Waals surface area contributed by atoms with Gasteiger partial charge in [0.15, 0.2) is 0 Å². The van der Waals surface area contributed by atoms with E-state index in [1.54, 1.807) is 13.2 Å². The summed E-state index contributed by atoms with van der Waals surface area (Å²) in [5.41, 5.74) is 2.08. The molecule has 7 heteroatoms. The molecule has 3 rings (SSSR count). The smallest absolute Gasteiger partial charge is 0.254 e. The highest BCUT2D eigenvalue weighted by Gasteiger charge is 2.18. The van der Waals surface area contributed by atoms with E-state index in [9.17, 15) is 4.79 Å². The number of rotatable bonds is 5. The van der Waals surface area contributed by atoms with Gasteiger partial charge in [-0.15, -0.1) is 0 Å². The quantitative estimate of drug-likeness (QED) is 0.846. The van der Waals surface area contributed by atoms with Crippen LogP contribution in [0.25, 0.3) is 0 Å². The first-order valence-electron chi connectivity index (χ1n) is 8.31. The molecule has 0 atom stereocenters. The molecule has 1 aliphatic carbocycles. The van der Waals surface area contributed by atoms with Crippen molar-refractivity contribution in [1.82, 2.24) is 15.3 Å². The molecule has 0 spiro atoms. The molecule has 1 amide bonds. The largest absolute Gasteiger partial charge is 0.495 e. The molecular formula is C18H21ClN4O2. The van der Waals surface area contributed by atoms with Crippen LogP contribution in [0, 0.1) is 6.92 Å². The Morgan fingerprint density at radius 2 is 1.92 bits per heavy atom. The van der Waals surface area contributed by atoms with Crippen LogP contribution < -0.4 is 15.4 Å². The van der Waals surface area contributed by atoms with Crippen molar-refractivity contribution in [2.45, 2.75) is 38.6 Å². The van der Waals surface area contributed by atoms with Gasteiger partial charge in [-0.2, -0.15) is 0 Å². The van der Waals surface area contributed by atoms with E-state index in [-0.39, 0.29) is 11.9 Å². The van der Waals surface area contributed by atoms with E-state index in [0.29, 0.717) is 28.0 Å². The van der Waals surface area contributed by atoms with E-state index >= 15 is 0 Å². The monoisotopic (exact) mass is 360 g/mol. The fourth-order valence-electron chi connectivity index (χ4n) is 2.90. The summed E-state index contributed by atoms with van der Waals surface area (Å²) in [6.07, 6.45) is 7.48. The predicted molar refractivity (Wildman–Crippen MR) is 97.8 cm³/mol. The van der Waals surface area contributed by atoms with Gasteiger partial charge in [-0.05, 0) is 31.4 Å². The van der Waals surface area contributed by atoms with E-state index in [1.807, 2.05) is 13.0 Å². The van der Waals surface area contributed by atoms with Crippen LogP contribution in [0.15, 0.2) is 24.5 Å². The van der Waals surface area contributed by atoms with Crippen molar-refractivity contribution in [3.63, 3.8) is 0 Å². The molecule has 1 saturated carbocycles. The summed E-state index contributed by atoms with van der Waals surface area (Å²) in [7, 11) is 1.57. The second-order valence-electron chi connectivity index (χ2n) is 6.18. The number of halogens is 1. The van der Waals surface area contributed by atoms with Gasteiger partial charge in [0, 0.05) is 29.5 Å². The van der Waals surface area contributed by atoms with Crippen LogP contribution in [-0.4, -0.2) is 29.0 Å². The van der Waals surface area contributed by atoms with Gasteiger partial charge in [-0.25, -0.2) is 9.97 Å². The number of aromatic nitrogens is 2. The molecule has 6 nitrogen and oxygen atoms in total. The normalized spacial score (nSPS) is 14.4. The Labute approximate surface area is 152 Å². The minimum absolute atomic E-state index is 0.127. The third-order valence-corrected chi connectivity index (χ3v) is 4.74. The highest BCUT2D eigenvalue weighted by atomic mass is 35.5. The number of ether oxygens (including phenoxy) is 1.